The second kappa shape index (κ2) is 7.81. The summed E-state index contributed by atoms with van der Waals surface area (Å²) in [4.78, 5) is 28.0. The second-order valence-corrected chi connectivity index (χ2v) is 8.08. The largest absolute Gasteiger partial charge is 0.465 e. The Morgan fingerprint density at radius 3 is 2.19 bits per heavy atom. The Balaban J connectivity index is 1.73. The van der Waals surface area contributed by atoms with E-state index in [4.69, 9.17) is 4.74 Å². The smallest absolute Gasteiger partial charge is 0.321 e. The highest BCUT2D eigenvalue weighted by molar-refractivity contribution is 6.02. The molecule has 1 aromatic carbocycles. The van der Waals surface area contributed by atoms with Crippen molar-refractivity contribution < 1.29 is 14.3 Å². The lowest BCUT2D eigenvalue weighted by Crippen LogP contribution is -2.53. The molecule has 1 aliphatic carbocycles. The molecule has 1 aromatic rings. The highest BCUT2D eigenvalue weighted by Gasteiger charge is 2.50. The summed E-state index contributed by atoms with van der Waals surface area (Å²) in [5, 5.41) is 0. The lowest BCUT2D eigenvalue weighted by Gasteiger charge is -2.44. The molecule has 0 N–H and O–H groups in total. The molecule has 0 aromatic heterocycles. The van der Waals surface area contributed by atoms with Gasteiger partial charge < -0.3 is 9.64 Å². The van der Waals surface area contributed by atoms with Crippen LogP contribution in [0.15, 0.2) is 30.3 Å². The SMILES string of the molecule is CCOC(=O)C1(C(=O)N2CCC(C)(c3ccccc3)CC2)CCCCC1. The van der Waals surface area contributed by atoms with Crippen LogP contribution in [0, 0.1) is 5.41 Å². The Morgan fingerprint density at radius 2 is 1.62 bits per heavy atom. The minimum atomic E-state index is -0.936. The first-order valence-electron chi connectivity index (χ1n) is 10.0. The third kappa shape index (κ3) is 3.51. The van der Waals surface area contributed by atoms with E-state index in [9.17, 15) is 9.59 Å². The predicted molar refractivity (Wildman–Crippen MR) is 102 cm³/mol. The van der Waals surface area contributed by atoms with Gasteiger partial charge in [-0.3, -0.25) is 9.59 Å². The zero-order chi connectivity index (χ0) is 18.6. The van der Waals surface area contributed by atoms with Crippen LogP contribution in [0.3, 0.4) is 0 Å². The van der Waals surface area contributed by atoms with Gasteiger partial charge in [0.1, 0.15) is 5.41 Å². The van der Waals surface area contributed by atoms with Gasteiger partial charge in [0.25, 0.3) is 0 Å². The molecule has 0 spiro atoms. The molecule has 4 nitrogen and oxygen atoms in total. The number of nitrogens with zero attached hydrogens (tertiary/aromatic N) is 1. The molecular formula is C22H31NO3. The first-order valence-corrected chi connectivity index (χ1v) is 10.0. The number of rotatable bonds is 4. The van der Waals surface area contributed by atoms with Gasteiger partial charge in [-0.1, -0.05) is 56.5 Å². The summed E-state index contributed by atoms with van der Waals surface area (Å²) in [7, 11) is 0. The molecule has 1 aliphatic heterocycles. The zero-order valence-corrected chi connectivity index (χ0v) is 16.1. The van der Waals surface area contributed by atoms with E-state index in [0.717, 1.165) is 32.1 Å². The van der Waals surface area contributed by atoms with Gasteiger partial charge in [0.2, 0.25) is 5.91 Å². The number of hydrogen-bond donors (Lipinski definition) is 0. The van der Waals surface area contributed by atoms with Crippen molar-refractivity contribution in [3.05, 3.63) is 35.9 Å². The van der Waals surface area contributed by atoms with Crippen LogP contribution in [0.4, 0.5) is 0 Å². The highest BCUT2D eigenvalue weighted by Crippen LogP contribution is 2.42. The van der Waals surface area contributed by atoms with Gasteiger partial charge in [-0.15, -0.1) is 0 Å². The van der Waals surface area contributed by atoms with E-state index in [1.165, 1.54) is 5.56 Å². The maximum absolute atomic E-state index is 13.4. The van der Waals surface area contributed by atoms with E-state index in [-0.39, 0.29) is 17.3 Å². The van der Waals surface area contributed by atoms with Crippen molar-refractivity contribution in [1.29, 1.82) is 0 Å². The first kappa shape index (κ1) is 18.9. The lowest BCUT2D eigenvalue weighted by molar-refractivity contribution is -0.168. The van der Waals surface area contributed by atoms with Gasteiger partial charge in [-0.05, 0) is 43.6 Å². The molecule has 4 heteroatoms. The van der Waals surface area contributed by atoms with Crippen LogP contribution in [0.25, 0.3) is 0 Å². The zero-order valence-electron chi connectivity index (χ0n) is 16.1. The van der Waals surface area contributed by atoms with Crippen LogP contribution in [-0.4, -0.2) is 36.5 Å². The van der Waals surface area contributed by atoms with Crippen LogP contribution < -0.4 is 0 Å². The van der Waals surface area contributed by atoms with Crippen LogP contribution in [0.1, 0.15) is 64.4 Å². The molecule has 2 aliphatic rings. The summed E-state index contributed by atoms with van der Waals surface area (Å²) in [5.74, 6) is -0.299. The summed E-state index contributed by atoms with van der Waals surface area (Å²) in [5.41, 5.74) is 0.501. The molecule has 0 unspecified atom stereocenters. The van der Waals surface area contributed by atoms with Crippen molar-refractivity contribution in [2.75, 3.05) is 19.7 Å². The Morgan fingerprint density at radius 1 is 1.00 bits per heavy atom. The molecule has 0 atom stereocenters. The van der Waals surface area contributed by atoms with Crippen molar-refractivity contribution in [3.8, 4) is 0 Å². The molecule has 1 heterocycles. The lowest BCUT2D eigenvalue weighted by atomic mass is 9.71. The van der Waals surface area contributed by atoms with Gasteiger partial charge >= 0.3 is 5.97 Å². The predicted octanol–water partition coefficient (Wildman–Crippen LogP) is 4.08. The van der Waals surface area contributed by atoms with E-state index in [1.54, 1.807) is 0 Å². The average molecular weight is 357 g/mol. The Hall–Kier alpha value is -1.84. The number of carbonyl (C=O) groups excluding carboxylic acids is 2. The fraction of sp³-hybridized carbons (Fsp3) is 0.636. The Kier molecular flexibility index (Phi) is 5.69. The summed E-state index contributed by atoms with van der Waals surface area (Å²) < 4.78 is 5.32. The number of hydrogen-bond acceptors (Lipinski definition) is 3. The molecule has 2 fully saturated rings. The van der Waals surface area contributed by atoms with E-state index in [2.05, 4.69) is 31.2 Å². The number of benzene rings is 1. The van der Waals surface area contributed by atoms with Crippen LogP contribution in [0.5, 0.6) is 0 Å². The van der Waals surface area contributed by atoms with Crippen molar-refractivity contribution >= 4 is 11.9 Å². The number of esters is 1. The van der Waals surface area contributed by atoms with E-state index < -0.39 is 5.41 Å². The second-order valence-electron chi connectivity index (χ2n) is 8.08. The van der Waals surface area contributed by atoms with Crippen molar-refractivity contribution in [3.63, 3.8) is 0 Å². The summed E-state index contributed by atoms with van der Waals surface area (Å²) >= 11 is 0. The Bertz CT molecular complexity index is 626. The third-order valence-electron chi connectivity index (χ3n) is 6.41. The van der Waals surface area contributed by atoms with Crippen LogP contribution in [-0.2, 0) is 19.7 Å². The molecule has 1 amide bonds. The van der Waals surface area contributed by atoms with Crippen LogP contribution >= 0.6 is 0 Å². The number of ether oxygens (including phenoxy) is 1. The van der Waals surface area contributed by atoms with Gasteiger partial charge in [0.15, 0.2) is 0 Å². The molecule has 142 valence electrons. The minimum absolute atomic E-state index is 0.00533. The molecule has 1 saturated heterocycles. The van der Waals surface area contributed by atoms with Gasteiger partial charge in [0, 0.05) is 13.1 Å². The molecule has 26 heavy (non-hydrogen) atoms. The molecule has 1 saturated carbocycles. The normalized spacial score (nSPS) is 21.8. The summed E-state index contributed by atoms with van der Waals surface area (Å²) in [6.07, 6.45) is 6.10. The molecule has 3 rings (SSSR count). The number of likely N-dealkylation sites (tertiary alicyclic amines) is 1. The van der Waals surface area contributed by atoms with Crippen molar-refractivity contribution in [2.24, 2.45) is 5.41 Å². The van der Waals surface area contributed by atoms with E-state index >= 15 is 0 Å². The maximum atomic E-state index is 13.4. The number of amides is 1. The van der Waals surface area contributed by atoms with Gasteiger partial charge in [-0.25, -0.2) is 0 Å². The fourth-order valence-electron chi connectivity index (χ4n) is 4.57. The molecular weight excluding hydrogens is 326 g/mol. The molecule has 0 radical (unpaired) electrons. The van der Waals surface area contributed by atoms with Crippen molar-refractivity contribution in [1.82, 2.24) is 4.90 Å². The fourth-order valence-corrected chi connectivity index (χ4v) is 4.57. The van der Waals surface area contributed by atoms with Crippen molar-refractivity contribution in [2.45, 2.75) is 64.2 Å². The molecule has 0 bridgehead atoms. The third-order valence-corrected chi connectivity index (χ3v) is 6.41. The average Bonchev–Trinajstić information content (AvgIpc) is 2.69. The van der Waals surface area contributed by atoms with Gasteiger partial charge in [0.05, 0.1) is 6.61 Å². The highest BCUT2D eigenvalue weighted by atomic mass is 16.5. The standard InChI is InChI=1S/C22H31NO3/c1-3-26-20(25)22(12-8-5-9-13-22)19(24)23-16-14-21(2,15-17-23)18-10-6-4-7-11-18/h4,6-7,10-11H,3,5,8-9,12-17H2,1-2H3. The number of carbonyl (C=O) groups is 2. The first-order chi connectivity index (χ1) is 12.5. The minimum Gasteiger partial charge on any atom is -0.465 e. The topological polar surface area (TPSA) is 46.6 Å². The van der Waals surface area contributed by atoms with Gasteiger partial charge in [-0.2, -0.15) is 0 Å². The monoisotopic (exact) mass is 357 g/mol. The number of piperidine rings is 1. The Labute approximate surface area is 156 Å². The maximum Gasteiger partial charge on any atom is 0.321 e. The quantitative estimate of drug-likeness (QED) is 0.602. The summed E-state index contributed by atoms with van der Waals surface area (Å²) in [6.45, 7) is 5.85. The van der Waals surface area contributed by atoms with Crippen LogP contribution in [0.2, 0.25) is 0 Å². The van der Waals surface area contributed by atoms with E-state index in [1.807, 2.05) is 17.9 Å². The summed E-state index contributed by atoms with van der Waals surface area (Å²) in [6, 6.07) is 10.6. The van der Waals surface area contributed by atoms with E-state index in [0.29, 0.717) is 32.5 Å².